The van der Waals surface area contributed by atoms with Crippen molar-refractivity contribution in [1.29, 1.82) is 0 Å². The Hall–Kier alpha value is -2.89. The van der Waals surface area contributed by atoms with Gasteiger partial charge in [-0.2, -0.15) is 0 Å². The van der Waals surface area contributed by atoms with E-state index in [0.717, 1.165) is 11.8 Å². The number of rotatable bonds is 3. The molecule has 0 unspecified atom stereocenters. The topological polar surface area (TPSA) is 165 Å². The summed E-state index contributed by atoms with van der Waals surface area (Å²) in [6.45, 7) is 2.79. The summed E-state index contributed by atoms with van der Waals surface area (Å²) in [5.74, 6) is -4.09. The molecular formula is C18H24N2O9S. The van der Waals surface area contributed by atoms with Crippen molar-refractivity contribution in [3.05, 3.63) is 12.2 Å². The van der Waals surface area contributed by atoms with Gasteiger partial charge in [-0.1, -0.05) is 25.6 Å². The minimum Gasteiger partial charge on any atom is -0.478 e. The van der Waals surface area contributed by atoms with Crippen molar-refractivity contribution in [2.24, 2.45) is 5.41 Å². The number of hydrogen-bond acceptors (Lipinski definition) is 9. The molecule has 1 aliphatic rings. The van der Waals surface area contributed by atoms with Gasteiger partial charge in [0.25, 0.3) is 5.91 Å². The van der Waals surface area contributed by atoms with Crippen LogP contribution in [0.1, 0.15) is 26.7 Å². The van der Waals surface area contributed by atoms with Crippen LogP contribution in [0.4, 0.5) is 0 Å². The van der Waals surface area contributed by atoms with E-state index in [9.17, 15) is 28.8 Å². The van der Waals surface area contributed by atoms with Gasteiger partial charge < -0.3 is 25.2 Å². The average molecular weight is 444 g/mol. The maximum Gasteiger partial charge on any atom is 0.331 e. The molecule has 0 aliphatic carbocycles. The Balaban J connectivity index is 2.99. The molecular weight excluding hydrogens is 420 g/mol. The van der Waals surface area contributed by atoms with Crippen molar-refractivity contribution in [2.75, 3.05) is 25.4 Å². The van der Waals surface area contributed by atoms with Crippen molar-refractivity contribution >= 4 is 46.6 Å². The van der Waals surface area contributed by atoms with Crippen LogP contribution < -0.4 is 10.6 Å². The molecule has 30 heavy (non-hydrogen) atoms. The predicted molar refractivity (Wildman–Crippen MR) is 104 cm³/mol. The van der Waals surface area contributed by atoms with Crippen LogP contribution in [-0.4, -0.2) is 71.5 Å². The lowest BCUT2D eigenvalue weighted by atomic mass is 9.86. The van der Waals surface area contributed by atoms with Crippen molar-refractivity contribution in [2.45, 2.75) is 32.8 Å². The molecule has 1 saturated heterocycles. The van der Waals surface area contributed by atoms with E-state index in [0.29, 0.717) is 12.2 Å². The van der Waals surface area contributed by atoms with Gasteiger partial charge in [-0.05, 0) is 0 Å². The van der Waals surface area contributed by atoms with E-state index in [1.54, 1.807) is 0 Å². The molecule has 2 amide bonds. The Morgan fingerprint density at radius 1 is 1.17 bits per heavy atom. The van der Waals surface area contributed by atoms with Gasteiger partial charge in [0.15, 0.2) is 11.2 Å². The van der Waals surface area contributed by atoms with Crippen LogP contribution in [0.5, 0.6) is 0 Å². The number of amides is 2. The van der Waals surface area contributed by atoms with E-state index in [1.807, 2.05) is 0 Å². The number of hydrogen-bond donors (Lipinski definition) is 3. The highest BCUT2D eigenvalue weighted by molar-refractivity contribution is 8.13. The molecule has 11 nitrogen and oxygen atoms in total. The van der Waals surface area contributed by atoms with Crippen LogP contribution in [0.2, 0.25) is 0 Å². The van der Waals surface area contributed by atoms with Crippen LogP contribution in [-0.2, 0) is 38.2 Å². The normalized spacial score (nSPS) is 22.0. The maximum atomic E-state index is 12.6. The molecule has 166 valence electrons. The highest BCUT2D eigenvalue weighted by Crippen LogP contribution is 2.25. The average Bonchev–Trinajstić information content (AvgIpc) is 2.65. The summed E-state index contributed by atoms with van der Waals surface area (Å²) in [6, 6.07) is 0. The molecule has 1 rings (SSSR count). The van der Waals surface area contributed by atoms with E-state index in [2.05, 4.69) is 10.6 Å². The maximum absolute atomic E-state index is 12.6. The molecule has 0 radical (unpaired) electrons. The van der Waals surface area contributed by atoms with Gasteiger partial charge in [-0.25, -0.2) is 9.59 Å². The minimum atomic E-state index is -1.46. The first-order valence-corrected chi connectivity index (χ1v) is 9.97. The van der Waals surface area contributed by atoms with Gasteiger partial charge in [0, 0.05) is 42.8 Å². The Labute approximate surface area is 176 Å². The van der Waals surface area contributed by atoms with Gasteiger partial charge in [0.1, 0.15) is 13.0 Å². The van der Waals surface area contributed by atoms with Gasteiger partial charge >= 0.3 is 17.9 Å². The lowest BCUT2D eigenvalue weighted by molar-refractivity contribution is -0.165. The number of carbonyl (C=O) groups is 6. The summed E-state index contributed by atoms with van der Waals surface area (Å²) in [4.78, 5) is 70.5. The van der Waals surface area contributed by atoms with Gasteiger partial charge in [-0.3, -0.25) is 19.2 Å². The molecule has 0 bridgehead atoms. The zero-order chi connectivity index (χ0) is 22.7. The molecule has 1 atom stereocenters. The SMILES string of the molecule is CC1(C)COC(=O)CC(=O)SCCNC(=O)CCNC(=O)[C@@H]1OC(=O)/C=C/C(=O)O. The Morgan fingerprint density at radius 2 is 1.87 bits per heavy atom. The molecule has 1 fully saturated rings. The van der Waals surface area contributed by atoms with Crippen LogP contribution in [0.15, 0.2) is 12.2 Å². The summed E-state index contributed by atoms with van der Waals surface area (Å²) in [5.41, 5.74) is -1.22. The Bertz CT molecular complexity index is 733. The van der Waals surface area contributed by atoms with Crippen molar-refractivity contribution in [3.63, 3.8) is 0 Å². The standard InChI is InChI=1S/C18H24N2O9S/c1-18(2)10-28-14(25)9-15(26)30-8-7-19-11(21)5-6-20-17(27)16(18)29-13(24)4-3-12(22)23/h3-4,16H,5-10H2,1-2H3,(H,19,21)(H,20,27)(H,22,23)/b4-3+/t16-/m0/s1. The number of cyclic esters (lactones) is 1. The molecule has 0 aromatic rings. The van der Waals surface area contributed by atoms with Crippen LogP contribution in [0, 0.1) is 5.41 Å². The first-order chi connectivity index (χ1) is 14.0. The molecule has 1 heterocycles. The zero-order valence-corrected chi connectivity index (χ0v) is 17.4. The quantitative estimate of drug-likeness (QED) is 0.290. The number of ether oxygens (including phenoxy) is 2. The number of carboxylic acid groups (broad SMARTS) is 1. The minimum absolute atomic E-state index is 0.0423. The fraction of sp³-hybridized carbons (Fsp3) is 0.556. The molecule has 12 heteroatoms. The molecule has 0 aromatic heterocycles. The van der Waals surface area contributed by atoms with Crippen LogP contribution >= 0.6 is 11.8 Å². The number of thioether (sulfide) groups is 1. The van der Waals surface area contributed by atoms with E-state index in [-0.39, 0.29) is 37.8 Å². The second-order valence-corrected chi connectivity index (χ2v) is 8.08. The van der Waals surface area contributed by atoms with E-state index in [1.165, 1.54) is 13.8 Å². The second-order valence-electron chi connectivity index (χ2n) is 6.93. The molecule has 1 aliphatic heterocycles. The first kappa shape index (κ1) is 25.1. The van der Waals surface area contributed by atoms with Crippen molar-refractivity contribution in [1.82, 2.24) is 10.6 Å². The second kappa shape index (κ2) is 12.0. The Kier molecular flexibility index (Phi) is 10.0. The molecule has 0 aromatic carbocycles. The summed E-state index contributed by atoms with van der Waals surface area (Å²) < 4.78 is 10.2. The molecule has 0 spiro atoms. The summed E-state index contributed by atoms with van der Waals surface area (Å²) in [5, 5.41) is 13.2. The largest absolute Gasteiger partial charge is 0.478 e. The highest BCUT2D eigenvalue weighted by atomic mass is 32.2. The fourth-order valence-corrected chi connectivity index (χ4v) is 2.91. The highest BCUT2D eigenvalue weighted by Gasteiger charge is 2.39. The van der Waals surface area contributed by atoms with Gasteiger partial charge in [-0.15, -0.1) is 0 Å². The number of nitrogens with one attached hydrogen (secondary N) is 2. The number of aliphatic carboxylic acids is 1. The number of carbonyl (C=O) groups excluding carboxylic acids is 5. The van der Waals surface area contributed by atoms with Crippen LogP contribution in [0.25, 0.3) is 0 Å². The van der Waals surface area contributed by atoms with Gasteiger partial charge in [0.05, 0.1) is 0 Å². The number of esters is 2. The monoisotopic (exact) mass is 444 g/mol. The molecule has 0 saturated carbocycles. The summed E-state index contributed by atoms with van der Waals surface area (Å²) >= 11 is 0.886. The van der Waals surface area contributed by atoms with E-state index >= 15 is 0 Å². The lowest BCUT2D eigenvalue weighted by Gasteiger charge is -2.32. The predicted octanol–water partition coefficient (Wildman–Crippen LogP) is -0.606. The number of carboxylic acids is 1. The zero-order valence-electron chi connectivity index (χ0n) is 16.6. The smallest absolute Gasteiger partial charge is 0.331 e. The third-order valence-corrected chi connectivity index (χ3v) is 4.65. The first-order valence-electron chi connectivity index (χ1n) is 8.98. The van der Waals surface area contributed by atoms with E-state index in [4.69, 9.17) is 14.6 Å². The lowest BCUT2D eigenvalue weighted by Crippen LogP contribution is -2.49. The third-order valence-electron chi connectivity index (χ3n) is 3.78. The third kappa shape index (κ3) is 9.54. The summed E-state index contributed by atoms with van der Waals surface area (Å²) in [6.07, 6.45) is -0.806. The molecule has 3 N–H and O–H groups in total. The fourth-order valence-electron chi connectivity index (χ4n) is 2.26. The van der Waals surface area contributed by atoms with Crippen LogP contribution in [0.3, 0.4) is 0 Å². The summed E-state index contributed by atoms with van der Waals surface area (Å²) in [7, 11) is 0. The van der Waals surface area contributed by atoms with Crippen molar-refractivity contribution in [3.8, 4) is 0 Å². The Morgan fingerprint density at radius 3 is 2.53 bits per heavy atom. The van der Waals surface area contributed by atoms with Crippen molar-refractivity contribution < 1.29 is 43.3 Å². The van der Waals surface area contributed by atoms with E-state index < -0.39 is 46.9 Å². The van der Waals surface area contributed by atoms with Gasteiger partial charge in [0.2, 0.25) is 5.91 Å².